The van der Waals surface area contributed by atoms with Crippen molar-refractivity contribution in [2.24, 2.45) is 0 Å². The molecule has 1 heterocycles. The Morgan fingerprint density at radius 1 is 1.40 bits per heavy atom. The standard InChI is InChI=1S/C13H12ClNO5/c14-9-3-1-2-8(6-9)7-19-11(16)5-4-10-12(17)20-13(18)15-10/h1-3,6,10H,4-5,7H2,(H,15,18). The smallest absolute Gasteiger partial charge is 0.415 e. The van der Waals surface area contributed by atoms with Crippen LogP contribution in [0.1, 0.15) is 18.4 Å². The minimum absolute atomic E-state index is 0.0145. The van der Waals surface area contributed by atoms with Crippen LogP contribution in [0.2, 0.25) is 5.02 Å². The number of carbonyl (C=O) groups excluding carboxylic acids is 3. The fourth-order valence-corrected chi connectivity index (χ4v) is 1.92. The Labute approximate surface area is 120 Å². The second-order valence-electron chi connectivity index (χ2n) is 4.23. The number of amides is 1. The molecule has 7 heteroatoms. The van der Waals surface area contributed by atoms with Crippen LogP contribution in [-0.4, -0.2) is 24.1 Å². The normalized spacial score (nSPS) is 17.6. The molecule has 1 unspecified atom stereocenters. The zero-order chi connectivity index (χ0) is 14.5. The van der Waals surface area contributed by atoms with Crippen LogP contribution in [0, 0.1) is 0 Å². The summed E-state index contributed by atoms with van der Waals surface area (Å²) in [4.78, 5) is 33.4. The monoisotopic (exact) mass is 297 g/mol. The van der Waals surface area contributed by atoms with Gasteiger partial charge in [-0.25, -0.2) is 9.59 Å². The molecule has 1 aliphatic heterocycles. The number of alkyl carbamates (subject to hydrolysis) is 1. The van der Waals surface area contributed by atoms with Crippen LogP contribution >= 0.6 is 11.6 Å². The van der Waals surface area contributed by atoms with Crippen molar-refractivity contribution in [3.63, 3.8) is 0 Å². The first-order chi connectivity index (χ1) is 9.54. The van der Waals surface area contributed by atoms with Crippen molar-refractivity contribution >= 4 is 29.6 Å². The predicted molar refractivity (Wildman–Crippen MR) is 68.9 cm³/mol. The predicted octanol–water partition coefficient (Wildman–Crippen LogP) is 1.80. The molecule has 0 saturated carbocycles. The third-order valence-corrected chi connectivity index (χ3v) is 2.93. The Kier molecular flexibility index (Phi) is 4.57. The van der Waals surface area contributed by atoms with Crippen LogP contribution in [0.5, 0.6) is 0 Å². The van der Waals surface area contributed by atoms with E-state index < -0.39 is 24.1 Å². The van der Waals surface area contributed by atoms with Gasteiger partial charge in [-0.2, -0.15) is 0 Å². The van der Waals surface area contributed by atoms with Gasteiger partial charge in [0.05, 0.1) is 0 Å². The summed E-state index contributed by atoms with van der Waals surface area (Å²) in [7, 11) is 0. The molecule has 1 aromatic carbocycles. The maximum atomic E-state index is 11.5. The molecular weight excluding hydrogens is 286 g/mol. The molecule has 1 N–H and O–H groups in total. The highest BCUT2D eigenvalue weighted by atomic mass is 35.5. The van der Waals surface area contributed by atoms with E-state index in [1.807, 2.05) is 0 Å². The quantitative estimate of drug-likeness (QED) is 0.662. The van der Waals surface area contributed by atoms with Crippen molar-refractivity contribution in [3.05, 3.63) is 34.9 Å². The summed E-state index contributed by atoms with van der Waals surface area (Å²) >= 11 is 5.81. The van der Waals surface area contributed by atoms with Gasteiger partial charge in [-0.05, 0) is 24.1 Å². The highest BCUT2D eigenvalue weighted by Crippen LogP contribution is 2.12. The lowest BCUT2D eigenvalue weighted by Gasteiger charge is -2.07. The molecule has 1 atom stereocenters. The average Bonchev–Trinajstić information content (AvgIpc) is 2.72. The van der Waals surface area contributed by atoms with Gasteiger partial charge < -0.3 is 14.8 Å². The summed E-state index contributed by atoms with van der Waals surface area (Å²) in [5.41, 5.74) is 0.777. The molecular formula is C13H12ClNO5. The lowest BCUT2D eigenvalue weighted by atomic mass is 10.1. The summed E-state index contributed by atoms with van der Waals surface area (Å²) < 4.78 is 9.34. The van der Waals surface area contributed by atoms with E-state index in [-0.39, 0.29) is 19.4 Å². The van der Waals surface area contributed by atoms with Gasteiger partial charge in [-0.3, -0.25) is 4.79 Å². The third kappa shape index (κ3) is 3.96. The Hall–Kier alpha value is -2.08. The second-order valence-corrected chi connectivity index (χ2v) is 4.67. The summed E-state index contributed by atoms with van der Waals surface area (Å²) in [6, 6.07) is 6.19. The van der Waals surface area contributed by atoms with Crippen LogP contribution in [0.4, 0.5) is 4.79 Å². The van der Waals surface area contributed by atoms with Crippen LogP contribution in [0.25, 0.3) is 0 Å². The van der Waals surface area contributed by atoms with Crippen LogP contribution < -0.4 is 5.32 Å². The molecule has 0 aromatic heterocycles. The molecule has 1 fully saturated rings. The average molecular weight is 298 g/mol. The highest BCUT2D eigenvalue weighted by molar-refractivity contribution is 6.30. The van der Waals surface area contributed by atoms with E-state index in [1.54, 1.807) is 24.3 Å². The van der Waals surface area contributed by atoms with E-state index >= 15 is 0 Å². The molecule has 0 spiro atoms. The topological polar surface area (TPSA) is 81.7 Å². The third-order valence-electron chi connectivity index (χ3n) is 2.70. The number of hydrogen-bond acceptors (Lipinski definition) is 5. The molecule has 2 rings (SSSR count). The zero-order valence-electron chi connectivity index (χ0n) is 10.4. The fourth-order valence-electron chi connectivity index (χ4n) is 1.71. The molecule has 0 aliphatic carbocycles. The van der Waals surface area contributed by atoms with Gasteiger partial charge in [0.15, 0.2) is 0 Å². The van der Waals surface area contributed by atoms with E-state index in [9.17, 15) is 14.4 Å². The SMILES string of the molecule is O=C(CCC1NC(=O)OC1=O)OCc1cccc(Cl)c1. The van der Waals surface area contributed by atoms with Gasteiger partial charge in [-0.1, -0.05) is 23.7 Å². The minimum Gasteiger partial charge on any atom is -0.461 e. The molecule has 1 amide bonds. The maximum Gasteiger partial charge on any atom is 0.415 e. The van der Waals surface area contributed by atoms with Gasteiger partial charge >= 0.3 is 18.0 Å². The van der Waals surface area contributed by atoms with Gasteiger partial charge in [0, 0.05) is 11.4 Å². The molecule has 1 saturated heterocycles. The highest BCUT2D eigenvalue weighted by Gasteiger charge is 2.32. The van der Waals surface area contributed by atoms with Crippen molar-refractivity contribution in [3.8, 4) is 0 Å². The van der Waals surface area contributed by atoms with Gasteiger partial charge in [0.1, 0.15) is 12.6 Å². The van der Waals surface area contributed by atoms with E-state index in [4.69, 9.17) is 16.3 Å². The van der Waals surface area contributed by atoms with Crippen LogP contribution in [-0.2, 0) is 25.7 Å². The lowest BCUT2D eigenvalue weighted by Crippen LogP contribution is -2.29. The molecule has 20 heavy (non-hydrogen) atoms. The van der Waals surface area contributed by atoms with E-state index in [0.29, 0.717) is 5.02 Å². The Balaban J connectivity index is 1.73. The summed E-state index contributed by atoms with van der Waals surface area (Å²) in [5, 5.41) is 2.87. The summed E-state index contributed by atoms with van der Waals surface area (Å²) in [6.45, 7) is 0.112. The van der Waals surface area contributed by atoms with Crippen molar-refractivity contribution in [1.29, 1.82) is 0 Å². The Morgan fingerprint density at radius 3 is 2.85 bits per heavy atom. The molecule has 0 bridgehead atoms. The number of benzene rings is 1. The molecule has 106 valence electrons. The minimum atomic E-state index is -0.785. The number of ether oxygens (including phenoxy) is 2. The Morgan fingerprint density at radius 2 is 2.20 bits per heavy atom. The van der Waals surface area contributed by atoms with E-state index in [1.165, 1.54) is 0 Å². The number of nitrogens with one attached hydrogen (secondary N) is 1. The number of cyclic esters (lactones) is 2. The van der Waals surface area contributed by atoms with Crippen molar-refractivity contribution in [2.45, 2.75) is 25.5 Å². The first-order valence-corrected chi connectivity index (χ1v) is 6.34. The van der Waals surface area contributed by atoms with Gasteiger partial charge in [0.2, 0.25) is 0 Å². The van der Waals surface area contributed by atoms with Gasteiger partial charge in [0.25, 0.3) is 0 Å². The first kappa shape index (κ1) is 14.3. The largest absolute Gasteiger partial charge is 0.461 e. The number of hydrogen-bond donors (Lipinski definition) is 1. The van der Waals surface area contributed by atoms with Crippen molar-refractivity contribution in [2.75, 3.05) is 0 Å². The Bertz CT molecular complexity index is 545. The summed E-state index contributed by atoms with van der Waals surface area (Å²) in [5.74, 6) is -1.13. The van der Waals surface area contributed by atoms with E-state index in [0.717, 1.165) is 5.56 Å². The van der Waals surface area contributed by atoms with Gasteiger partial charge in [-0.15, -0.1) is 0 Å². The second kappa shape index (κ2) is 6.38. The number of carbonyl (C=O) groups is 3. The number of rotatable bonds is 5. The van der Waals surface area contributed by atoms with E-state index in [2.05, 4.69) is 10.1 Å². The molecule has 1 aromatic rings. The lowest BCUT2D eigenvalue weighted by molar-refractivity contribution is -0.145. The fraction of sp³-hybridized carbons (Fsp3) is 0.308. The van der Waals surface area contributed by atoms with Crippen LogP contribution in [0.15, 0.2) is 24.3 Å². The number of esters is 2. The molecule has 0 radical (unpaired) electrons. The molecule has 1 aliphatic rings. The maximum absolute atomic E-state index is 11.5. The molecule has 6 nitrogen and oxygen atoms in total. The number of halogens is 1. The van der Waals surface area contributed by atoms with Crippen LogP contribution in [0.3, 0.4) is 0 Å². The van der Waals surface area contributed by atoms with Crippen molar-refractivity contribution < 1.29 is 23.9 Å². The zero-order valence-corrected chi connectivity index (χ0v) is 11.2. The summed E-state index contributed by atoms with van der Waals surface area (Å²) in [6.07, 6.45) is -0.619. The first-order valence-electron chi connectivity index (χ1n) is 5.97. The van der Waals surface area contributed by atoms with Crippen molar-refractivity contribution in [1.82, 2.24) is 5.32 Å².